The van der Waals surface area contributed by atoms with Gasteiger partial charge in [-0.05, 0) is 45.7 Å². The first-order valence-corrected chi connectivity index (χ1v) is 8.21. The fourth-order valence-electron chi connectivity index (χ4n) is 3.34. The van der Waals surface area contributed by atoms with Crippen LogP contribution in [0.2, 0.25) is 0 Å². The van der Waals surface area contributed by atoms with Gasteiger partial charge in [-0.3, -0.25) is 4.79 Å². The first-order chi connectivity index (χ1) is 11.2. The molecule has 24 heavy (non-hydrogen) atoms. The summed E-state index contributed by atoms with van der Waals surface area (Å²) in [6.45, 7) is 6.36. The first-order valence-electron chi connectivity index (χ1n) is 8.21. The average molecular weight is 333 g/mol. The van der Waals surface area contributed by atoms with E-state index in [0.29, 0.717) is 25.3 Å². The van der Waals surface area contributed by atoms with Gasteiger partial charge in [0.05, 0.1) is 13.0 Å². The van der Waals surface area contributed by atoms with Crippen molar-refractivity contribution in [3.63, 3.8) is 0 Å². The Bertz CT molecular complexity index is 678. The number of amides is 1. The minimum Gasteiger partial charge on any atom is -0.507 e. The monoisotopic (exact) mass is 333 g/mol. The molecular formula is C18H23NO5. The molecule has 2 aliphatic heterocycles. The maximum atomic E-state index is 12.5. The number of hydrogen-bond acceptors (Lipinski definition) is 5. The number of ketones is 1. The predicted molar refractivity (Wildman–Crippen MR) is 87.5 cm³/mol. The van der Waals surface area contributed by atoms with E-state index in [4.69, 9.17) is 9.47 Å². The topological polar surface area (TPSA) is 76.1 Å². The number of ether oxygens (including phenoxy) is 2. The summed E-state index contributed by atoms with van der Waals surface area (Å²) in [4.78, 5) is 26.5. The molecule has 130 valence electrons. The molecule has 1 fully saturated rings. The number of rotatable bonds is 0. The Morgan fingerprint density at radius 1 is 1.38 bits per heavy atom. The van der Waals surface area contributed by atoms with Crippen LogP contribution in [0.25, 0.3) is 0 Å². The van der Waals surface area contributed by atoms with Crippen LogP contribution in [0.5, 0.6) is 11.5 Å². The highest BCUT2D eigenvalue weighted by Crippen LogP contribution is 2.41. The van der Waals surface area contributed by atoms with Crippen LogP contribution in [0.4, 0.5) is 4.79 Å². The lowest BCUT2D eigenvalue weighted by atomic mass is 9.83. The molecule has 1 spiro atoms. The molecule has 0 bridgehead atoms. The van der Waals surface area contributed by atoms with Crippen LogP contribution in [0.15, 0.2) is 18.2 Å². The van der Waals surface area contributed by atoms with Crippen molar-refractivity contribution >= 4 is 11.9 Å². The van der Waals surface area contributed by atoms with Crippen molar-refractivity contribution in [3.05, 3.63) is 23.8 Å². The van der Waals surface area contributed by atoms with Crippen LogP contribution in [-0.2, 0) is 4.74 Å². The SMILES string of the molecule is CC(C)(C)OC(=O)N1CCCC2(CC(=O)c3c(O)cccc3O2)C1. The standard InChI is InChI=1S/C18H23NO5/c1-17(2,3)24-16(22)19-9-5-8-18(11-19)10-13(21)15-12(20)6-4-7-14(15)23-18/h4,6-7,20H,5,8-11H2,1-3H3. The lowest BCUT2D eigenvalue weighted by Crippen LogP contribution is -2.56. The summed E-state index contributed by atoms with van der Waals surface area (Å²) in [5.74, 6) is 0.171. The molecule has 6 heteroatoms. The molecule has 1 aromatic carbocycles. The average Bonchev–Trinajstić information content (AvgIpc) is 2.45. The van der Waals surface area contributed by atoms with Crippen molar-refractivity contribution in [2.24, 2.45) is 0 Å². The molecule has 0 radical (unpaired) electrons. The van der Waals surface area contributed by atoms with E-state index < -0.39 is 11.2 Å². The minimum absolute atomic E-state index is 0.0628. The number of Topliss-reactive ketones (excluding diaryl/α,β-unsaturated/α-hetero) is 1. The molecular weight excluding hydrogens is 310 g/mol. The van der Waals surface area contributed by atoms with Gasteiger partial charge in [0.15, 0.2) is 5.78 Å². The van der Waals surface area contributed by atoms with E-state index in [9.17, 15) is 14.7 Å². The zero-order valence-corrected chi connectivity index (χ0v) is 14.3. The number of phenolic OH excluding ortho intramolecular Hbond substituents is 1. The fraction of sp³-hybridized carbons (Fsp3) is 0.556. The highest BCUT2D eigenvalue weighted by molar-refractivity contribution is 6.02. The molecule has 6 nitrogen and oxygen atoms in total. The van der Waals surface area contributed by atoms with E-state index in [-0.39, 0.29) is 29.6 Å². The smallest absolute Gasteiger partial charge is 0.410 e. The Morgan fingerprint density at radius 3 is 2.83 bits per heavy atom. The Labute approximate surface area is 141 Å². The zero-order valence-electron chi connectivity index (χ0n) is 14.3. The van der Waals surface area contributed by atoms with Crippen molar-refractivity contribution in [2.45, 2.75) is 51.2 Å². The van der Waals surface area contributed by atoms with Gasteiger partial charge in [-0.15, -0.1) is 0 Å². The van der Waals surface area contributed by atoms with E-state index in [0.717, 1.165) is 6.42 Å². The molecule has 2 heterocycles. The van der Waals surface area contributed by atoms with Gasteiger partial charge in [0, 0.05) is 6.54 Å². The Hall–Kier alpha value is -2.24. The number of aromatic hydroxyl groups is 1. The number of nitrogens with zero attached hydrogens (tertiary/aromatic N) is 1. The van der Waals surface area contributed by atoms with E-state index in [1.54, 1.807) is 17.0 Å². The summed E-state index contributed by atoms with van der Waals surface area (Å²) >= 11 is 0. The van der Waals surface area contributed by atoms with E-state index in [1.165, 1.54) is 6.07 Å². The van der Waals surface area contributed by atoms with Gasteiger partial charge in [-0.2, -0.15) is 0 Å². The molecule has 2 aliphatic rings. The van der Waals surface area contributed by atoms with Gasteiger partial charge >= 0.3 is 6.09 Å². The van der Waals surface area contributed by atoms with Crippen LogP contribution in [0, 0.1) is 0 Å². The Morgan fingerprint density at radius 2 is 2.12 bits per heavy atom. The van der Waals surface area contributed by atoms with Gasteiger partial charge in [-0.25, -0.2) is 4.79 Å². The summed E-state index contributed by atoms with van der Waals surface area (Å²) in [5.41, 5.74) is -1.08. The van der Waals surface area contributed by atoms with Gasteiger partial charge in [0.2, 0.25) is 0 Å². The molecule has 1 amide bonds. The number of likely N-dealkylation sites (tertiary alicyclic amines) is 1. The number of hydrogen-bond donors (Lipinski definition) is 1. The zero-order chi connectivity index (χ0) is 17.5. The van der Waals surface area contributed by atoms with E-state index in [1.807, 2.05) is 20.8 Å². The highest BCUT2D eigenvalue weighted by atomic mass is 16.6. The number of carbonyl (C=O) groups is 2. The predicted octanol–water partition coefficient (Wildman–Crippen LogP) is 3.13. The second-order valence-electron chi connectivity index (χ2n) is 7.54. The van der Waals surface area contributed by atoms with Crippen LogP contribution in [-0.4, -0.2) is 46.2 Å². The Kier molecular flexibility index (Phi) is 3.94. The minimum atomic E-state index is -0.743. The Balaban J connectivity index is 1.82. The normalized spacial score (nSPS) is 23.6. The van der Waals surface area contributed by atoms with Crippen molar-refractivity contribution < 1.29 is 24.2 Å². The highest BCUT2D eigenvalue weighted by Gasteiger charge is 2.46. The molecule has 1 unspecified atom stereocenters. The van der Waals surface area contributed by atoms with E-state index in [2.05, 4.69) is 0 Å². The second kappa shape index (κ2) is 5.69. The molecule has 0 aromatic heterocycles. The third-order valence-corrected chi connectivity index (χ3v) is 4.28. The summed E-state index contributed by atoms with van der Waals surface area (Å²) in [6, 6.07) is 4.81. The first kappa shape index (κ1) is 16.6. The van der Waals surface area contributed by atoms with Crippen molar-refractivity contribution in [1.82, 2.24) is 4.90 Å². The summed E-state index contributed by atoms with van der Waals surface area (Å²) in [7, 11) is 0. The number of phenols is 1. The third-order valence-electron chi connectivity index (χ3n) is 4.28. The molecule has 1 atom stereocenters. The number of fused-ring (bicyclic) bond motifs is 1. The number of benzene rings is 1. The maximum Gasteiger partial charge on any atom is 0.410 e. The second-order valence-corrected chi connectivity index (χ2v) is 7.54. The van der Waals surface area contributed by atoms with Gasteiger partial charge in [0.1, 0.15) is 28.3 Å². The summed E-state index contributed by atoms with van der Waals surface area (Å²) < 4.78 is 11.5. The largest absolute Gasteiger partial charge is 0.507 e. The molecule has 1 N–H and O–H groups in total. The molecule has 1 saturated heterocycles. The van der Waals surface area contributed by atoms with Crippen molar-refractivity contribution in [1.29, 1.82) is 0 Å². The van der Waals surface area contributed by atoms with Gasteiger partial charge < -0.3 is 19.5 Å². The van der Waals surface area contributed by atoms with Crippen LogP contribution < -0.4 is 4.74 Å². The number of carbonyl (C=O) groups excluding carboxylic acids is 2. The van der Waals surface area contributed by atoms with Crippen LogP contribution >= 0.6 is 0 Å². The number of piperidine rings is 1. The lowest BCUT2D eigenvalue weighted by Gasteiger charge is -2.44. The van der Waals surface area contributed by atoms with Crippen molar-refractivity contribution in [2.75, 3.05) is 13.1 Å². The quantitative estimate of drug-likeness (QED) is 0.789. The van der Waals surface area contributed by atoms with E-state index >= 15 is 0 Å². The van der Waals surface area contributed by atoms with Crippen LogP contribution in [0.3, 0.4) is 0 Å². The van der Waals surface area contributed by atoms with Crippen molar-refractivity contribution in [3.8, 4) is 11.5 Å². The molecule has 0 saturated carbocycles. The molecule has 1 aromatic rings. The van der Waals surface area contributed by atoms with Crippen LogP contribution in [0.1, 0.15) is 50.4 Å². The lowest BCUT2D eigenvalue weighted by molar-refractivity contribution is -0.0335. The maximum absolute atomic E-state index is 12.5. The molecule has 0 aliphatic carbocycles. The third kappa shape index (κ3) is 3.18. The summed E-state index contributed by atoms with van der Waals surface area (Å²) in [6.07, 6.45) is 1.18. The fourth-order valence-corrected chi connectivity index (χ4v) is 3.34. The van der Waals surface area contributed by atoms with Gasteiger partial charge in [-0.1, -0.05) is 6.07 Å². The summed E-state index contributed by atoms with van der Waals surface area (Å²) in [5, 5.41) is 9.90. The van der Waals surface area contributed by atoms with Gasteiger partial charge in [0.25, 0.3) is 0 Å². The molecule has 3 rings (SSSR count).